The molecule has 0 aliphatic carbocycles. The van der Waals surface area contributed by atoms with Crippen molar-refractivity contribution in [3.05, 3.63) is 42.5 Å². The number of carbonyl (C=O) groups excluding carboxylic acids is 1. The fourth-order valence-electron chi connectivity index (χ4n) is 3.45. The zero-order valence-electron chi connectivity index (χ0n) is 11.6. The van der Waals surface area contributed by atoms with Gasteiger partial charge in [-0.15, -0.1) is 0 Å². The van der Waals surface area contributed by atoms with E-state index < -0.39 is 0 Å². The Morgan fingerprint density at radius 2 is 2.24 bits per heavy atom. The molecule has 2 atom stereocenters. The summed E-state index contributed by atoms with van der Waals surface area (Å²) in [6.45, 7) is 3.48. The van der Waals surface area contributed by atoms with Crippen LogP contribution in [0.1, 0.15) is 5.56 Å². The molecular formula is C15H17N5O. The van der Waals surface area contributed by atoms with Gasteiger partial charge in [0, 0.05) is 50.1 Å². The van der Waals surface area contributed by atoms with Gasteiger partial charge in [0.1, 0.15) is 0 Å². The molecule has 6 heteroatoms. The largest absolute Gasteiger partial charge is 0.310 e. The maximum atomic E-state index is 12.6. The van der Waals surface area contributed by atoms with Gasteiger partial charge in [0.25, 0.3) is 0 Å². The first-order chi connectivity index (χ1) is 10.3. The number of hydrogen-bond donors (Lipinski definition) is 1. The molecule has 0 unspecified atom stereocenters. The summed E-state index contributed by atoms with van der Waals surface area (Å²) in [6, 6.07) is 3.83. The van der Waals surface area contributed by atoms with E-state index in [1.807, 2.05) is 29.4 Å². The molecule has 2 aromatic heterocycles. The van der Waals surface area contributed by atoms with Crippen molar-refractivity contribution in [2.45, 2.75) is 6.54 Å². The number of anilines is 1. The van der Waals surface area contributed by atoms with E-state index in [9.17, 15) is 4.79 Å². The van der Waals surface area contributed by atoms with Crippen molar-refractivity contribution >= 4 is 11.6 Å². The second kappa shape index (κ2) is 4.96. The van der Waals surface area contributed by atoms with Crippen LogP contribution in [-0.2, 0) is 11.3 Å². The third-order valence-electron chi connectivity index (χ3n) is 4.44. The second-order valence-corrected chi connectivity index (χ2v) is 5.83. The van der Waals surface area contributed by atoms with E-state index in [-0.39, 0.29) is 11.8 Å². The summed E-state index contributed by atoms with van der Waals surface area (Å²) >= 11 is 0. The summed E-state index contributed by atoms with van der Waals surface area (Å²) in [4.78, 5) is 20.9. The molecule has 108 valence electrons. The van der Waals surface area contributed by atoms with E-state index in [1.165, 1.54) is 5.56 Å². The number of amides is 1. The van der Waals surface area contributed by atoms with Crippen LogP contribution in [0.4, 0.5) is 5.69 Å². The van der Waals surface area contributed by atoms with E-state index in [0.717, 1.165) is 31.9 Å². The van der Waals surface area contributed by atoms with Crippen LogP contribution < -0.4 is 4.90 Å². The van der Waals surface area contributed by atoms with E-state index >= 15 is 0 Å². The van der Waals surface area contributed by atoms with Gasteiger partial charge < -0.3 is 4.90 Å². The molecule has 6 nitrogen and oxygen atoms in total. The van der Waals surface area contributed by atoms with Gasteiger partial charge in [-0.2, -0.15) is 5.10 Å². The molecule has 1 amide bonds. The molecule has 0 radical (unpaired) electrons. The van der Waals surface area contributed by atoms with Crippen LogP contribution in [0.25, 0.3) is 0 Å². The average Bonchev–Trinajstić information content (AvgIpc) is 3.20. The van der Waals surface area contributed by atoms with Gasteiger partial charge in [-0.05, 0) is 12.1 Å². The number of pyridine rings is 1. The lowest BCUT2D eigenvalue weighted by Crippen LogP contribution is -2.32. The quantitative estimate of drug-likeness (QED) is 0.909. The Kier molecular flexibility index (Phi) is 2.96. The first-order valence-electron chi connectivity index (χ1n) is 7.22. The van der Waals surface area contributed by atoms with Crippen LogP contribution >= 0.6 is 0 Å². The minimum Gasteiger partial charge on any atom is -0.310 e. The van der Waals surface area contributed by atoms with Crippen LogP contribution in [0, 0.1) is 11.8 Å². The number of nitrogens with one attached hydrogen (secondary N) is 1. The molecule has 0 spiro atoms. The molecule has 2 aliphatic heterocycles. The van der Waals surface area contributed by atoms with Crippen molar-refractivity contribution in [1.82, 2.24) is 20.1 Å². The number of carbonyl (C=O) groups is 1. The number of fused-ring (bicyclic) bond motifs is 1. The van der Waals surface area contributed by atoms with E-state index in [0.29, 0.717) is 5.92 Å². The number of rotatable bonds is 3. The van der Waals surface area contributed by atoms with Crippen molar-refractivity contribution < 1.29 is 4.79 Å². The Morgan fingerprint density at radius 1 is 1.29 bits per heavy atom. The van der Waals surface area contributed by atoms with Gasteiger partial charge in [0.05, 0.1) is 24.0 Å². The zero-order chi connectivity index (χ0) is 14.2. The number of hydrogen-bond acceptors (Lipinski definition) is 4. The molecular weight excluding hydrogens is 266 g/mol. The van der Waals surface area contributed by atoms with E-state index in [4.69, 9.17) is 0 Å². The molecule has 0 aromatic carbocycles. The maximum Gasteiger partial charge on any atom is 0.231 e. The predicted molar refractivity (Wildman–Crippen MR) is 77.4 cm³/mol. The number of aromatic amines is 1. The summed E-state index contributed by atoms with van der Waals surface area (Å²) in [7, 11) is 0. The van der Waals surface area contributed by atoms with Crippen LogP contribution in [0.5, 0.6) is 0 Å². The molecule has 21 heavy (non-hydrogen) atoms. The summed E-state index contributed by atoms with van der Waals surface area (Å²) in [5.41, 5.74) is 2.09. The van der Waals surface area contributed by atoms with Crippen molar-refractivity contribution in [3.63, 3.8) is 0 Å². The molecule has 1 N–H and O–H groups in total. The summed E-state index contributed by atoms with van der Waals surface area (Å²) in [5, 5.41) is 6.80. The molecule has 0 bridgehead atoms. The minimum atomic E-state index is 0.122. The highest BCUT2D eigenvalue weighted by atomic mass is 16.2. The SMILES string of the molecule is O=C1[C@H]2CN(Cc3cn[nH]c3)C[C@H]2CN1c1cccnc1. The highest BCUT2D eigenvalue weighted by molar-refractivity contribution is 5.97. The van der Waals surface area contributed by atoms with Gasteiger partial charge in [-0.25, -0.2) is 0 Å². The average molecular weight is 283 g/mol. The molecule has 2 fully saturated rings. The standard InChI is InChI=1S/C15H17N5O/c21-15-14-10-19(7-11-4-17-18-5-11)8-12(14)9-20(15)13-2-1-3-16-6-13/h1-6,12,14H,7-10H2,(H,17,18)/t12-,14-/m0/s1. The first kappa shape index (κ1) is 12.5. The van der Waals surface area contributed by atoms with Gasteiger partial charge in [-0.1, -0.05) is 0 Å². The predicted octanol–water partition coefficient (Wildman–Crippen LogP) is 0.899. The summed E-state index contributed by atoms with van der Waals surface area (Å²) in [6.07, 6.45) is 7.26. The fourth-order valence-corrected chi connectivity index (χ4v) is 3.45. The summed E-state index contributed by atoms with van der Waals surface area (Å²) < 4.78 is 0. The molecule has 2 aromatic rings. The highest BCUT2D eigenvalue weighted by Crippen LogP contribution is 2.35. The van der Waals surface area contributed by atoms with E-state index in [2.05, 4.69) is 20.1 Å². The number of nitrogens with zero attached hydrogens (tertiary/aromatic N) is 4. The van der Waals surface area contributed by atoms with Crippen molar-refractivity contribution in [2.24, 2.45) is 11.8 Å². The Morgan fingerprint density at radius 3 is 2.95 bits per heavy atom. The smallest absolute Gasteiger partial charge is 0.231 e. The minimum absolute atomic E-state index is 0.122. The van der Waals surface area contributed by atoms with Crippen molar-refractivity contribution in [3.8, 4) is 0 Å². The van der Waals surface area contributed by atoms with Crippen LogP contribution in [0.3, 0.4) is 0 Å². The van der Waals surface area contributed by atoms with Gasteiger partial charge >= 0.3 is 0 Å². The van der Waals surface area contributed by atoms with E-state index in [1.54, 1.807) is 12.4 Å². The second-order valence-electron chi connectivity index (χ2n) is 5.83. The maximum absolute atomic E-state index is 12.6. The molecule has 2 aliphatic rings. The van der Waals surface area contributed by atoms with Gasteiger partial charge in [0.2, 0.25) is 5.91 Å². The highest BCUT2D eigenvalue weighted by Gasteiger charge is 2.46. The van der Waals surface area contributed by atoms with Crippen molar-refractivity contribution in [1.29, 1.82) is 0 Å². The summed E-state index contributed by atoms with van der Waals surface area (Å²) in [5.74, 6) is 0.782. The number of aromatic nitrogens is 3. The third-order valence-corrected chi connectivity index (χ3v) is 4.44. The molecule has 4 heterocycles. The molecule has 0 saturated carbocycles. The van der Waals surface area contributed by atoms with Crippen LogP contribution in [0.2, 0.25) is 0 Å². The normalized spacial score (nSPS) is 25.5. The lowest BCUT2D eigenvalue weighted by Gasteiger charge is -2.21. The number of likely N-dealkylation sites (tertiary alicyclic amines) is 1. The lowest BCUT2D eigenvalue weighted by atomic mass is 10.0. The topological polar surface area (TPSA) is 65.1 Å². The first-order valence-corrected chi connectivity index (χ1v) is 7.22. The van der Waals surface area contributed by atoms with Crippen LogP contribution in [-0.4, -0.2) is 45.6 Å². The molecule has 2 saturated heterocycles. The zero-order valence-corrected chi connectivity index (χ0v) is 11.6. The Labute approximate surface area is 122 Å². The fraction of sp³-hybridized carbons (Fsp3) is 0.400. The van der Waals surface area contributed by atoms with Gasteiger partial charge in [0.15, 0.2) is 0 Å². The Hall–Kier alpha value is -2.21. The van der Waals surface area contributed by atoms with Gasteiger partial charge in [-0.3, -0.25) is 19.8 Å². The Bertz CT molecular complexity index is 627. The third kappa shape index (κ3) is 2.21. The lowest BCUT2D eigenvalue weighted by molar-refractivity contribution is -0.120. The monoisotopic (exact) mass is 283 g/mol. The molecule has 4 rings (SSSR count). The van der Waals surface area contributed by atoms with Crippen LogP contribution in [0.15, 0.2) is 36.9 Å². The van der Waals surface area contributed by atoms with Crippen molar-refractivity contribution in [2.75, 3.05) is 24.5 Å². The number of H-pyrrole nitrogens is 1. The Balaban J connectivity index is 1.45.